The van der Waals surface area contributed by atoms with Crippen LogP contribution in [0.2, 0.25) is 0 Å². The van der Waals surface area contributed by atoms with Crippen molar-refractivity contribution in [2.75, 3.05) is 11.1 Å². The van der Waals surface area contributed by atoms with E-state index in [0.717, 1.165) is 15.9 Å². The Labute approximate surface area is 141 Å². The Bertz CT molecular complexity index is 918. The SMILES string of the molecule is O=C1CSc2ccc(C(=O)NCc3cc4ccccc4o3)nc2N1. The molecular formula is C17H13N3O3S. The Kier molecular flexibility index (Phi) is 3.70. The quantitative estimate of drug-likeness (QED) is 0.766. The zero-order chi connectivity index (χ0) is 16.5. The molecule has 1 aliphatic heterocycles. The number of thioether (sulfide) groups is 1. The summed E-state index contributed by atoms with van der Waals surface area (Å²) in [6.07, 6.45) is 0. The lowest BCUT2D eigenvalue weighted by molar-refractivity contribution is -0.113. The average molecular weight is 339 g/mol. The maximum atomic E-state index is 12.3. The number of anilines is 1. The largest absolute Gasteiger partial charge is 0.459 e. The summed E-state index contributed by atoms with van der Waals surface area (Å²) in [5, 5.41) is 6.45. The first-order chi connectivity index (χ1) is 11.7. The van der Waals surface area contributed by atoms with Gasteiger partial charge in [-0.1, -0.05) is 18.2 Å². The monoisotopic (exact) mass is 339 g/mol. The van der Waals surface area contributed by atoms with Crippen LogP contribution in [0, 0.1) is 0 Å². The number of carbonyl (C=O) groups is 2. The minimum absolute atomic E-state index is 0.111. The Balaban J connectivity index is 1.48. The summed E-state index contributed by atoms with van der Waals surface area (Å²) in [5.41, 5.74) is 1.04. The molecule has 3 heterocycles. The number of fused-ring (bicyclic) bond motifs is 2. The van der Waals surface area contributed by atoms with Crippen LogP contribution in [0.25, 0.3) is 11.0 Å². The number of furan rings is 1. The van der Waals surface area contributed by atoms with Crippen molar-refractivity contribution in [3.8, 4) is 0 Å². The Hall–Kier alpha value is -2.80. The highest BCUT2D eigenvalue weighted by Gasteiger charge is 2.19. The van der Waals surface area contributed by atoms with E-state index in [1.165, 1.54) is 11.8 Å². The van der Waals surface area contributed by atoms with E-state index < -0.39 is 0 Å². The Morgan fingerprint density at radius 3 is 3.04 bits per heavy atom. The van der Waals surface area contributed by atoms with E-state index >= 15 is 0 Å². The van der Waals surface area contributed by atoms with Gasteiger partial charge in [0.05, 0.1) is 17.2 Å². The molecule has 1 aromatic carbocycles. The fourth-order valence-electron chi connectivity index (χ4n) is 2.47. The molecule has 2 N–H and O–H groups in total. The number of nitrogens with one attached hydrogen (secondary N) is 2. The number of amides is 2. The van der Waals surface area contributed by atoms with Crippen molar-refractivity contribution in [2.24, 2.45) is 0 Å². The van der Waals surface area contributed by atoms with Crippen LogP contribution in [0.15, 0.2) is 51.8 Å². The fraction of sp³-hybridized carbons (Fsp3) is 0.118. The van der Waals surface area contributed by atoms with E-state index in [0.29, 0.717) is 17.3 Å². The lowest BCUT2D eigenvalue weighted by atomic mass is 10.2. The lowest BCUT2D eigenvalue weighted by Crippen LogP contribution is -2.25. The van der Waals surface area contributed by atoms with Crippen molar-refractivity contribution in [2.45, 2.75) is 11.4 Å². The average Bonchev–Trinajstić information content (AvgIpc) is 3.02. The van der Waals surface area contributed by atoms with Crippen LogP contribution in [-0.2, 0) is 11.3 Å². The first kappa shape index (κ1) is 14.8. The smallest absolute Gasteiger partial charge is 0.270 e. The molecule has 6 nitrogen and oxygen atoms in total. The number of para-hydroxylation sites is 1. The fourth-order valence-corrected chi connectivity index (χ4v) is 3.23. The number of benzene rings is 1. The van der Waals surface area contributed by atoms with Crippen LogP contribution in [0.1, 0.15) is 16.2 Å². The van der Waals surface area contributed by atoms with Gasteiger partial charge >= 0.3 is 0 Å². The van der Waals surface area contributed by atoms with Gasteiger partial charge in [-0.2, -0.15) is 0 Å². The highest BCUT2D eigenvalue weighted by atomic mass is 32.2. The number of nitrogens with zero attached hydrogens (tertiary/aromatic N) is 1. The Morgan fingerprint density at radius 2 is 2.17 bits per heavy atom. The van der Waals surface area contributed by atoms with Crippen LogP contribution >= 0.6 is 11.8 Å². The molecule has 0 unspecified atom stereocenters. The second kappa shape index (κ2) is 6.01. The van der Waals surface area contributed by atoms with Crippen LogP contribution in [0.3, 0.4) is 0 Å². The van der Waals surface area contributed by atoms with Gasteiger partial charge in [0, 0.05) is 5.39 Å². The number of aromatic nitrogens is 1. The molecule has 7 heteroatoms. The molecule has 0 aliphatic carbocycles. The molecule has 120 valence electrons. The maximum absolute atomic E-state index is 12.3. The predicted molar refractivity (Wildman–Crippen MR) is 91.0 cm³/mol. The van der Waals surface area contributed by atoms with E-state index in [9.17, 15) is 9.59 Å². The zero-order valence-corrected chi connectivity index (χ0v) is 13.4. The molecule has 2 aromatic heterocycles. The summed E-state index contributed by atoms with van der Waals surface area (Å²) in [5.74, 6) is 1.05. The van der Waals surface area contributed by atoms with Gasteiger partial charge in [0.2, 0.25) is 5.91 Å². The molecule has 0 bridgehead atoms. The third-order valence-corrected chi connectivity index (χ3v) is 4.65. The lowest BCUT2D eigenvalue weighted by Gasteiger charge is -2.15. The topological polar surface area (TPSA) is 84.2 Å². The summed E-state index contributed by atoms with van der Waals surface area (Å²) < 4.78 is 5.66. The Morgan fingerprint density at radius 1 is 1.29 bits per heavy atom. The van der Waals surface area contributed by atoms with Crippen LogP contribution in [-0.4, -0.2) is 22.6 Å². The highest BCUT2D eigenvalue weighted by Crippen LogP contribution is 2.29. The summed E-state index contributed by atoms with van der Waals surface area (Å²) in [4.78, 5) is 28.8. The molecule has 0 radical (unpaired) electrons. The van der Waals surface area contributed by atoms with Gasteiger partial charge in [-0.3, -0.25) is 9.59 Å². The van der Waals surface area contributed by atoms with Gasteiger partial charge in [0.1, 0.15) is 22.9 Å². The predicted octanol–water partition coefficient (Wildman–Crippen LogP) is 2.80. The maximum Gasteiger partial charge on any atom is 0.270 e. The third kappa shape index (κ3) is 2.85. The van der Waals surface area contributed by atoms with E-state index in [2.05, 4.69) is 15.6 Å². The number of carbonyl (C=O) groups excluding carboxylic acids is 2. The molecule has 4 rings (SSSR count). The van der Waals surface area contributed by atoms with Gasteiger partial charge in [-0.25, -0.2) is 4.98 Å². The van der Waals surface area contributed by atoms with E-state index in [4.69, 9.17) is 4.42 Å². The molecule has 0 atom stereocenters. The van der Waals surface area contributed by atoms with Gasteiger partial charge in [-0.05, 0) is 24.3 Å². The van der Waals surface area contributed by atoms with Crippen LogP contribution < -0.4 is 10.6 Å². The third-order valence-electron chi connectivity index (χ3n) is 3.61. The minimum atomic E-state index is -0.317. The number of rotatable bonds is 3. The van der Waals surface area contributed by atoms with Crippen molar-refractivity contribution < 1.29 is 14.0 Å². The summed E-state index contributed by atoms with van der Waals surface area (Å²) in [6.45, 7) is 0.271. The van der Waals surface area contributed by atoms with Crippen molar-refractivity contribution in [3.05, 3.63) is 53.9 Å². The zero-order valence-electron chi connectivity index (χ0n) is 12.5. The number of pyridine rings is 1. The van der Waals surface area contributed by atoms with E-state index in [1.807, 2.05) is 30.3 Å². The van der Waals surface area contributed by atoms with Crippen molar-refractivity contribution in [3.63, 3.8) is 0 Å². The second-order valence-corrected chi connectivity index (χ2v) is 6.33. The van der Waals surface area contributed by atoms with Gasteiger partial charge < -0.3 is 15.1 Å². The van der Waals surface area contributed by atoms with Crippen molar-refractivity contribution >= 4 is 40.4 Å². The standard InChI is InChI=1S/C17H13N3O3S/c21-15-9-24-14-6-5-12(19-16(14)20-15)17(22)18-8-11-7-10-3-1-2-4-13(10)23-11/h1-7H,8-9H2,(H,18,22)(H,19,20,21). The van der Waals surface area contributed by atoms with Crippen molar-refractivity contribution in [1.82, 2.24) is 10.3 Å². The second-order valence-electron chi connectivity index (χ2n) is 5.31. The summed E-state index contributed by atoms with van der Waals surface area (Å²) in [7, 11) is 0. The molecule has 0 saturated carbocycles. The molecule has 2 amide bonds. The normalized spacial score (nSPS) is 13.4. The van der Waals surface area contributed by atoms with Crippen molar-refractivity contribution in [1.29, 1.82) is 0 Å². The van der Waals surface area contributed by atoms with Gasteiger partial charge in [0.15, 0.2) is 0 Å². The molecule has 0 fully saturated rings. The molecule has 24 heavy (non-hydrogen) atoms. The highest BCUT2D eigenvalue weighted by molar-refractivity contribution is 8.00. The van der Waals surface area contributed by atoms with E-state index in [1.54, 1.807) is 12.1 Å². The molecular weight excluding hydrogens is 326 g/mol. The first-order valence-corrected chi connectivity index (χ1v) is 8.37. The molecule has 0 spiro atoms. The molecule has 0 saturated heterocycles. The van der Waals surface area contributed by atoms with E-state index in [-0.39, 0.29) is 24.1 Å². The van der Waals surface area contributed by atoms with Gasteiger partial charge in [0.25, 0.3) is 5.91 Å². The van der Waals surface area contributed by atoms with Crippen LogP contribution in [0.4, 0.5) is 5.82 Å². The van der Waals surface area contributed by atoms with Crippen LogP contribution in [0.5, 0.6) is 0 Å². The number of hydrogen-bond donors (Lipinski definition) is 2. The first-order valence-electron chi connectivity index (χ1n) is 7.38. The number of hydrogen-bond acceptors (Lipinski definition) is 5. The molecule has 1 aliphatic rings. The minimum Gasteiger partial charge on any atom is -0.459 e. The molecule has 3 aromatic rings. The van der Waals surface area contributed by atoms with Gasteiger partial charge in [-0.15, -0.1) is 11.8 Å². The summed E-state index contributed by atoms with van der Waals surface area (Å²) in [6, 6.07) is 13.0. The summed E-state index contributed by atoms with van der Waals surface area (Å²) >= 11 is 1.41.